The van der Waals surface area contributed by atoms with Crippen LogP contribution in [0.15, 0.2) is 16.6 Å². The molecule has 1 saturated heterocycles. The maximum Gasteiger partial charge on any atom is 0.175 e. The van der Waals surface area contributed by atoms with Gasteiger partial charge in [0.1, 0.15) is 0 Å². The second-order valence-electron chi connectivity index (χ2n) is 6.40. The lowest BCUT2D eigenvalue weighted by molar-refractivity contribution is 0.0290. The second-order valence-corrected chi connectivity index (χ2v) is 7.25. The monoisotopic (exact) mass is 399 g/mol. The first-order valence-electron chi connectivity index (χ1n) is 9.07. The molecule has 2 unspecified atom stereocenters. The van der Waals surface area contributed by atoms with Gasteiger partial charge >= 0.3 is 0 Å². The Bertz CT molecular complexity index is 524. The lowest BCUT2D eigenvalue weighted by Crippen LogP contribution is -2.43. The highest BCUT2D eigenvalue weighted by Gasteiger charge is 2.27. The molecule has 1 heterocycles. The molecular weight excluding hydrogens is 370 g/mol. The summed E-state index contributed by atoms with van der Waals surface area (Å²) in [6.45, 7) is 10.5. The minimum Gasteiger partial charge on any atom is -0.490 e. The molecule has 1 N–H and O–H groups in total. The SMILES string of the molecule is CCCOc1c(Br)cc(CC2CN(CC)CCC2O)cc1OCC. The highest BCUT2D eigenvalue weighted by Crippen LogP contribution is 2.38. The van der Waals surface area contributed by atoms with E-state index in [0.717, 1.165) is 54.9 Å². The van der Waals surface area contributed by atoms with Gasteiger partial charge in [-0.25, -0.2) is 0 Å². The molecular formula is C19H30BrNO3. The molecule has 0 saturated carbocycles. The number of ether oxygens (including phenoxy) is 2. The molecule has 1 aromatic carbocycles. The van der Waals surface area contributed by atoms with Crippen LogP contribution in [0.5, 0.6) is 11.5 Å². The van der Waals surface area contributed by atoms with Crippen molar-refractivity contribution in [2.45, 2.75) is 46.1 Å². The van der Waals surface area contributed by atoms with Crippen molar-refractivity contribution in [1.29, 1.82) is 0 Å². The van der Waals surface area contributed by atoms with E-state index in [1.807, 2.05) is 6.92 Å². The van der Waals surface area contributed by atoms with Gasteiger partial charge in [-0.2, -0.15) is 0 Å². The predicted octanol–water partition coefficient (Wildman–Crippen LogP) is 3.88. The second kappa shape index (κ2) is 9.64. The minimum absolute atomic E-state index is 0.224. The molecule has 1 aromatic rings. The molecule has 0 aliphatic carbocycles. The van der Waals surface area contributed by atoms with Crippen molar-refractivity contribution >= 4 is 15.9 Å². The number of likely N-dealkylation sites (tertiary alicyclic amines) is 1. The van der Waals surface area contributed by atoms with Crippen LogP contribution < -0.4 is 9.47 Å². The zero-order chi connectivity index (χ0) is 17.5. The lowest BCUT2D eigenvalue weighted by Gasteiger charge is -2.35. The van der Waals surface area contributed by atoms with Crippen molar-refractivity contribution < 1.29 is 14.6 Å². The van der Waals surface area contributed by atoms with E-state index in [4.69, 9.17) is 9.47 Å². The molecule has 0 spiro atoms. The van der Waals surface area contributed by atoms with Crippen molar-refractivity contribution in [3.63, 3.8) is 0 Å². The lowest BCUT2D eigenvalue weighted by atomic mass is 9.88. The van der Waals surface area contributed by atoms with Crippen molar-refractivity contribution in [2.24, 2.45) is 5.92 Å². The van der Waals surface area contributed by atoms with Crippen LogP contribution in [0.2, 0.25) is 0 Å². The molecule has 2 rings (SSSR count). The molecule has 5 heteroatoms. The number of hydrogen-bond donors (Lipinski definition) is 1. The molecule has 24 heavy (non-hydrogen) atoms. The maximum atomic E-state index is 10.4. The van der Waals surface area contributed by atoms with Crippen LogP contribution in [-0.2, 0) is 6.42 Å². The Labute approximate surface area is 154 Å². The molecule has 0 radical (unpaired) electrons. The van der Waals surface area contributed by atoms with E-state index in [1.54, 1.807) is 0 Å². The van der Waals surface area contributed by atoms with Crippen molar-refractivity contribution in [1.82, 2.24) is 4.90 Å². The highest BCUT2D eigenvalue weighted by atomic mass is 79.9. The fraction of sp³-hybridized carbons (Fsp3) is 0.684. The average Bonchev–Trinajstić information content (AvgIpc) is 2.56. The number of aliphatic hydroxyl groups excluding tert-OH is 1. The van der Waals surface area contributed by atoms with Crippen LogP contribution in [-0.4, -0.2) is 49.0 Å². The van der Waals surface area contributed by atoms with E-state index >= 15 is 0 Å². The van der Waals surface area contributed by atoms with Crippen LogP contribution in [0.3, 0.4) is 0 Å². The topological polar surface area (TPSA) is 41.9 Å². The summed E-state index contributed by atoms with van der Waals surface area (Å²) >= 11 is 3.63. The zero-order valence-corrected chi connectivity index (χ0v) is 16.6. The molecule has 1 aliphatic rings. The number of nitrogens with zero attached hydrogens (tertiary/aromatic N) is 1. The summed E-state index contributed by atoms with van der Waals surface area (Å²) in [4.78, 5) is 2.41. The van der Waals surface area contributed by atoms with E-state index in [0.29, 0.717) is 13.2 Å². The Morgan fingerprint density at radius 1 is 1.25 bits per heavy atom. The number of benzene rings is 1. The summed E-state index contributed by atoms with van der Waals surface area (Å²) < 4.78 is 12.6. The Balaban J connectivity index is 2.17. The quantitative estimate of drug-likeness (QED) is 0.719. The Morgan fingerprint density at radius 3 is 2.71 bits per heavy atom. The predicted molar refractivity (Wildman–Crippen MR) is 101 cm³/mol. The summed E-state index contributed by atoms with van der Waals surface area (Å²) in [5.41, 5.74) is 1.18. The molecule has 1 aliphatic heterocycles. The smallest absolute Gasteiger partial charge is 0.175 e. The Kier molecular flexibility index (Phi) is 7.85. The van der Waals surface area contributed by atoms with E-state index in [9.17, 15) is 5.11 Å². The van der Waals surface area contributed by atoms with Gasteiger partial charge in [0.25, 0.3) is 0 Å². The van der Waals surface area contributed by atoms with Crippen molar-refractivity contribution in [3.8, 4) is 11.5 Å². The largest absolute Gasteiger partial charge is 0.490 e. The summed E-state index contributed by atoms with van der Waals surface area (Å²) in [6, 6.07) is 4.17. The van der Waals surface area contributed by atoms with Gasteiger partial charge in [-0.1, -0.05) is 13.8 Å². The molecule has 0 bridgehead atoms. The Hall–Kier alpha value is -0.780. The van der Waals surface area contributed by atoms with E-state index in [2.05, 4.69) is 46.8 Å². The first kappa shape index (κ1) is 19.5. The van der Waals surface area contributed by atoms with Gasteiger partial charge in [0.2, 0.25) is 0 Å². The maximum absolute atomic E-state index is 10.4. The Morgan fingerprint density at radius 2 is 2.04 bits per heavy atom. The zero-order valence-electron chi connectivity index (χ0n) is 15.1. The third-order valence-corrected chi connectivity index (χ3v) is 5.13. The first-order valence-corrected chi connectivity index (χ1v) is 9.86. The van der Waals surface area contributed by atoms with Crippen molar-refractivity contribution in [3.05, 3.63) is 22.2 Å². The highest BCUT2D eigenvalue weighted by molar-refractivity contribution is 9.10. The first-order chi connectivity index (χ1) is 11.6. The molecule has 1 fully saturated rings. The number of hydrogen-bond acceptors (Lipinski definition) is 4. The minimum atomic E-state index is -0.224. The van der Waals surface area contributed by atoms with Crippen LogP contribution in [0.1, 0.15) is 39.2 Å². The summed E-state index contributed by atoms with van der Waals surface area (Å²) in [6.07, 6.45) is 2.44. The van der Waals surface area contributed by atoms with Gasteiger partial charge < -0.3 is 19.5 Å². The van der Waals surface area contributed by atoms with Gasteiger partial charge in [0, 0.05) is 19.0 Å². The standard InChI is InChI=1S/C19H30BrNO3/c1-4-9-24-19-16(20)11-14(12-18(19)23-6-3)10-15-13-21(5-2)8-7-17(15)22/h11-12,15,17,22H,4-10,13H2,1-3H3. The molecule has 136 valence electrons. The van der Waals surface area contributed by atoms with Crippen molar-refractivity contribution in [2.75, 3.05) is 32.8 Å². The number of halogens is 1. The van der Waals surface area contributed by atoms with Crippen LogP contribution >= 0.6 is 15.9 Å². The molecule has 2 atom stereocenters. The van der Waals surface area contributed by atoms with Gasteiger partial charge in [-0.15, -0.1) is 0 Å². The molecule has 0 amide bonds. The molecule has 4 nitrogen and oxygen atoms in total. The van der Waals surface area contributed by atoms with Gasteiger partial charge in [-0.3, -0.25) is 0 Å². The van der Waals surface area contributed by atoms with E-state index in [1.165, 1.54) is 5.56 Å². The fourth-order valence-corrected chi connectivity index (χ4v) is 3.84. The van der Waals surface area contributed by atoms with Crippen LogP contribution in [0.25, 0.3) is 0 Å². The normalized spacial score (nSPS) is 21.7. The third-order valence-electron chi connectivity index (χ3n) is 4.54. The number of aliphatic hydroxyl groups is 1. The molecule has 0 aromatic heterocycles. The van der Waals surface area contributed by atoms with Gasteiger partial charge in [-0.05, 0) is 66.4 Å². The number of rotatable bonds is 8. The third kappa shape index (κ3) is 5.11. The van der Waals surface area contributed by atoms with Crippen LogP contribution in [0.4, 0.5) is 0 Å². The summed E-state index contributed by atoms with van der Waals surface area (Å²) in [5.74, 6) is 1.83. The average molecular weight is 400 g/mol. The van der Waals surface area contributed by atoms with Gasteiger partial charge in [0.05, 0.1) is 23.8 Å². The van der Waals surface area contributed by atoms with E-state index < -0.39 is 0 Å². The summed E-state index contributed by atoms with van der Waals surface area (Å²) in [5, 5.41) is 10.4. The van der Waals surface area contributed by atoms with E-state index in [-0.39, 0.29) is 12.0 Å². The summed E-state index contributed by atoms with van der Waals surface area (Å²) in [7, 11) is 0. The van der Waals surface area contributed by atoms with Gasteiger partial charge in [0.15, 0.2) is 11.5 Å². The number of piperidine rings is 1. The van der Waals surface area contributed by atoms with Crippen LogP contribution in [0, 0.1) is 5.92 Å². The fourth-order valence-electron chi connectivity index (χ4n) is 3.23.